The van der Waals surface area contributed by atoms with Crippen LogP contribution in [0.1, 0.15) is 49.3 Å². The van der Waals surface area contributed by atoms with Gasteiger partial charge < -0.3 is 5.73 Å². The molecule has 2 rings (SSSR count). The Hall–Kier alpha value is -0.530. The first-order valence-electron chi connectivity index (χ1n) is 6.10. The number of rotatable bonds is 2. The van der Waals surface area contributed by atoms with E-state index in [4.69, 9.17) is 5.73 Å². The van der Waals surface area contributed by atoms with Crippen molar-refractivity contribution in [1.82, 2.24) is 0 Å². The third-order valence-corrected chi connectivity index (χ3v) is 3.71. The quantitative estimate of drug-likeness (QED) is 0.830. The van der Waals surface area contributed by atoms with Gasteiger partial charge in [0.05, 0.1) is 0 Å². The maximum absolute atomic E-state index is 6.37. The summed E-state index contributed by atoms with van der Waals surface area (Å²) in [5, 5.41) is 0. The molecule has 0 aliphatic heterocycles. The Bertz CT molecular complexity index is 318. The second kappa shape index (κ2) is 6.27. The lowest BCUT2D eigenvalue weighted by atomic mass is 9.80. The van der Waals surface area contributed by atoms with Gasteiger partial charge in [0.1, 0.15) is 0 Å². The van der Waals surface area contributed by atoms with Crippen LogP contribution in [0.2, 0.25) is 0 Å². The van der Waals surface area contributed by atoms with E-state index in [-0.39, 0.29) is 18.4 Å². The van der Waals surface area contributed by atoms with Crippen molar-refractivity contribution < 1.29 is 0 Å². The van der Waals surface area contributed by atoms with Crippen molar-refractivity contribution in [1.29, 1.82) is 0 Å². The molecule has 0 aromatic heterocycles. The van der Waals surface area contributed by atoms with Crippen LogP contribution in [0.15, 0.2) is 24.3 Å². The molecule has 1 aliphatic carbocycles. The van der Waals surface area contributed by atoms with Crippen molar-refractivity contribution in [3.8, 4) is 0 Å². The zero-order valence-electron chi connectivity index (χ0n) is 9.99. The summed E-state index contributed by atoms with van der Waals surface area (Å²) in [6, 6.07) is 8.80. The number of halogens is 1. The van der Waals surface area contributed by atoms with Gasteiger partial charge in [-0.15, -0.1) is 12.4 Å². The monoisotopic (exact) mass is 239 g/mol. The molecule has 1 fully saturated rings. The molecule has 2 N–H and O–H groups in total. The van der Waals surface area contributed by atoms with Crippen LogP contribution in [0.25, 0.3) is 0 Å². The maximum atomic E-state index is 6.37. The average molecular weight is 240 g/mol. The Morgan fingerprint density at radius 1 is 1.12 bits per heavy atom. The van der Waals surface area contributed by atoms with E-state index in [2.05, 4.69) is 31.2 Å². The van der Waals surface area contributed by atoms with Crippen LogP contribution in [0.4, 0.5) is 0 Å². The highest BCUT2D eigenvalue weighted by Gasteiger charge is 2.22. The van der Waals surface area contributed by atoms with Gasteiger partial charge in [-0.3, -0.25) is 0 Å². The summed E-state index contributed by atoms with van der Waals surface area (Å²) in [6.07, 6.45) is 6.76. The Morgan fingerprint density at radius 3 is 2.38 bits per heavy atom. The van der Waals surface area contributed by atoms with Crippen LogP contribution in [0, 0.1) is 12.8 Å². The SMILES string of the molecule is Cc1ccccc1[C@H](N)C1CCCCC1.Cl. The molecule has 0 saturated heterocycles. The van der Waals surface area contributed by atoms with Gasteiger partial charge in [0.2, 0.25) is 0 Å². The fourth-order valence-corrected chi connectivity index (χ4v) is 2.71. The predicted octanol–water partition coefficient (Wildman–Crippen LogP) is 4.00. The third-order valence-electron chi connectivity index (χ3n) is 3.71. The highest BCUT2D eigenvalue weighted by molar-refractivity contribution is 5.85. The largest absolute Gasteiger partial charge is 0.324 e. The fourth-order valence-electron chi connectivity index (χ4n) is 2.71. The molecule has 90 valence electrons. The van der Waals surface area contributed by atoms with E-state index in [9.17, 15) is 0 Å². The molecule has 1 saturated carbocycles. The van der Waals surface area contributed by atoms with Gasteiger partial charge in [-0.2, -0.15) is 0 Å². The van der Waals surface area contributed by atoms with Gasteiger partial charge in [0.25, 0.3) is 0 Å². The molecule has 0 amide bonds. The van der Waals surface area contributed by atoms with E-state index in [1.54, 1.807) is 0 Å². The van der Waals surface area contributed by atoms with Crippen molar-refractivity contribution in [3.05, 3.63) is 35.4 Å². The van der Waals surface area contributed by atoms with Crippen LogP contribution in [0.5, 0.6) is 0 Å². The summed E-state index contributed by atoms with van der Waals surface area (Å²) in [5.41, 5.74) is 9.06. The number of aryl methyl sites for hydroxylation is 1. The topological polar surface area (TPSA) is 26.0 Å². The minimum absolute atomic E-state index is 0. The van der Waals surface area contributed by atoms with E-state index in [0.29, 0.717) is 5.92 Å². The van der Waals surface area contributed by atoms with Crippen LogP contribution in [-0.4, -0.2) is 0 Å². The van der Waals surface area contributed by atoms with Gasteiger partial charge in [0.15, 0.2) is 0 Å². The molecule has 0 radical (unpaired) electrons. The zero-order chi connectivity index (χ0) is 10.7. The standard InChI is InChI=1S/C14H21N.ClH/c1-11-7-5-6-10-13(11)14(15)12-8-3-2-4-9-12;/h5-7,10,12,14H,2-4,8-9,15H2,1H3;1H/t14-;/m1./s1. The minimum atomic E-state index is 0. The first kappa shape index (κ1) is 13.5. The third kappa shape index (κ3) is 2.99. The van der Waals surface area contributed by atoms with Gasteiger partial charge in [-0.25, -0.2) is 0 Å². The van der Waals surface area contributed by atoms with E-state index in [0.717, 1.165) is 0 Å². The number of hydrogen-bond donors (Lipinski definition) is 1. The van der Waals surface area contributed by atoms with Gasteiger partial charge >= 0.3 is 0 Å². The molecule has 16 heavy (non-hydrogen) atoms. The van der Waals surface area contributed by atoms with E-state index in [1.807, 2.05) is 0 Å². The normalized spacial score (nSPS) is 18.9. The molecular formula is C14H22ClN. The molecule has 0 bridgehead atoms. The molecule has 0 unspecified atom stereocenters. The predicted molar refractivity (Wildman–Crippen MR) is 71.9 cm³/mol. The summed E-state index contributed by atoms with van der Waals surface area (Å²) in [4.78, 5) is 0. The maximum Gasteiger partial charge on any atom is 0.0326 e. The fraction of sp³-hybridized carbons (Fsp3) is 0.571. The lowest BCUT2D eigenvalue weighted by Crippen LogP contribution is -2.24. The second-order valence-corrected chi connectivity index (χ2v) is 4.78. The smallest absolute Gasteiger partial charge is 0.0326 e. The first-order chi connectivity index (χ1) is 7.29. The Balaban J connectivity index is 0.00000128. The average Bonchev–Trinajstić information content (AvgIpc) is 2.30. The van der Waals surface area contributed by atoms with Crippen molar-refractivity contribution >= 4 is 12.4 Å². The molecule has 1 atom stereocenters. The first-order valence-corrected chi connectivity index (χ1v) is 6.10. The van der Waals surface area contributed by atoms with Crippen LogP contribution in [0.3, 0.4) is 0 Å². The molecule has 1 aromatic carbocycles. The minimum Gasteiger partial charge on any atom is -0.324 e. The summed E-state index contributed by atoms with van der Waals surface area (Å²) < 4.78 is 0. The highest BCUT2D eigenvalue weighted by atomic mass is 35.5. The highest BCUT2D eigenvalue weighted by Crippen LogP contribution is 2.33. The lowest BCUT2D eigenvalue weighted by Gasteiger charge is -2.28. The van der Waals surface area contributed by atoms with Crippen LogP contribution < -0.4 is 5.73 Å². The Morgan fingerprint density at radius 2 is 1.75 bits per heavy atom. The van der Waals surface area contributed by atoms with Crippen LogP contribution >= 0.6 is 12.4 Å². The lowest BCUT2D eigenvalue weighted by molar-refractivity contribution is 0.307. The van der Waals surface area contributed by atoms with E-state index < -0.39 is 0 Å². The summed E-state index contributed by atoms with van der Waals surface area (Å²) in [6.45, 7) is 2.16. The van der Waals surface area contributed by atoms with Gasteiger partial charge in [0, 0.05) is 6.04 Å². The molecule has 1 aromatic rings. The molecular weight excluding hydrogens is 218 g/mol. The zero-order valence-corrected chi connectivity index (χ0v) is 10.8. The molecule has 0 spiro atoms. The van der Waals surface area contributed by atoms with Gasteiger partial charge in [-0.05, 0) is 36.8 Å². The second-order valence-electron chi connectivity index (χ2n) is 4.78. The van der Waals surface area contributed by atoms with Gasteiger partial charge in [-0.1, -0.05) is 43.5 Å². The molecule has 2 heteroatoms. The Labute approximate surface area is 105 Å². The van der Waals surface area contributed by atoms with E-state index >= 15 is 0 Å². The van der Waals surface area contributed by atoms with Crippen molar-refractivity contribution in [3.63, 3.8) is 0 Å². The van der Waals surface area contributed by atoms with Crippen molar-refractivity contribution in [2.45, 2.75) is 45.1 Å². The number of benzene rings is 1. The van der Waals surface area contributed by atoms with E-state index in [1.165, 1.54) is 43.2 Å². The van der Waals surface area contributed by atoms with Crippen molar-refractivity contribution in [2.24, 2.45) is 11.7 Å². The van der Waals surface area contributed by atoms with Crippen molar-refractivity contribution in [2.75, 3.05) is 0 Å². The molecule has 0 heterocycles. The number of hydrogen-bond acceptors (Lipinski definition) is 1. The Kier molecular flexibility index (Phi) is 5.30. The van der Waals surface area contributed by atoms with Crippen LogP contribution in [-0.2, 0) is 0 Å². The summed E-state index contributed by atoms with van der Waals surface area (Å²) in [5.74, 6) is 0.708. The summed E-state index contributed by atoms with van der Waals surface area (Å²) >= 11 is 0. The molecule has 1 aliphatic rings. The number of nitrogens with two attached hydrogens (primary N) is 1. The molecule has 1 nitrogen and oxygen atoms in total. The summed E-state index contributed by atoms with van der Waals surface area (Å²) in [7, 11) is 0.